The molecule has 1 amide bonds. The number of rotatable bonds is 4. The van der Waals surface area contributed by atoms with Crippen molar-refractivity contribution in [2.75, 3.05) is 6.54 Å². The SMILES string of the molecule is O=C(c1onc2c1CCCC2)N1CCCC1Cn1nc(-n2ccnc2)ccc1=O. The molecule has 4 heterocycles. The topological polar surface area (TPSA) is 99.1 Å². The van der Waals surface area contributed by atoms with Crippen LogP contribution in [-0.2, 0) is 19.4 Å². The molecule has 1 saturated heterocycles. The van der Waals surface area contributed by atoms with Crippen LogP contribution in [0.1, 0.15) is 47.5 Å². The highest BCUT2D eigenvalue weighted by Crippen LogP contribution is 2.28. The Morgan fingerprint density at radius 1 is 1.21 bits per heavy atom. The van der Waals surface area contributed by atoms with Crippen LogP contribution in [0, 0.1) is 0 Å². The number of likely N-dealkylation sites (tertiary alicyclic amines) is 1. The maximum Gasteiger partial charge on any atom is 0.293 e. The summed E-state index contributed by atoms with van der Waals surface area (Å²) in [6, 6.07) is 3.06. The molecule has 0 aromatic carbocycles. The molecule has 1 aliphatic carbocycles. The van der Waals surface area contributed by atoms with E-state index in [4.69, 9.17) is 4.52 Å². The van der Waals surface area contributed by atoms with Gasteiger partial charge in [0.15, 0.2) is 5.82 Å². The van der Waals surface area contributed by atoms with Crippen LogP contribution in [-0.4, -0.2) is 47.9 Å². The van der Waals surface area contributed by atoms with Gasteiger partial charge in [-0.05, 0) is 44.6 Å². The number of aryl methyl sites for hydroxylation is 1. The van der Waals surface area contributed by atoms with Crippen LogP contribution >= 0.6 is 0 Å². The second-order valence-electron chi connectivity index (χ2n) is 7.62. The van der Waals surface area contributed by atoms with Crippen LogP contribution in [0.15, 0.2) is 40.2 Å². The zero-order valence-corrected chi connectivity index (χ0v) is 16.0. The summed E-state index contributed by atoms with van der Waals surface area (Å²) in [6.07, 6.45) is 10.6. The Morgan fingerprint density at radius 2 is 2.10 bits per heavy atom. The van der Waals surface area contributed by atoms with E-state index in [2.05, 4.69) is 15.2 Å². The summed E-state index contributed by atoms with van der Waals surface area (Å²) in [5.41, 5.74) is 1.69. The first kappa shape index (κ1) is 17.8. The van der Waals surface area contributed by atoms with E-state index in [9.17, 15) is 9.59 Å². The lowest BCUT2D eigenvalue weighted by molar-refractivity contribution is 0.0676. The molecule has 1 fully saturated rings. The van der Waals surface area contributed by atoms with Gasteiger partial charge in [-0.25, -0.2) is 9.67 Å². The smallest absolute Gasteiger partial charge is 0.293 e. The minimum Gasteiger partial charge on any atom is -0.350 e. The predicted molar refractivity (Wildman–Crippen MR) is 103 cm³/mol. The zero-order chi connectivity index (χ0) is 19.8. The van der Waals surface area contributed by atoms with Crippen LogP contribution in [0.2, 0.25) is 0 Å². The number of hydrogen-bond donors (Lipinski definition) is 0. The van der Waals surface area contributed by atoms with Crippen LogP contribution < -0.4 is 5.56 Å². The number of amides is 1. The molecule has 2 aliphatic rings. The first-order valence-corrected chi connectivity index (χ1v) is 10.1. The molecule has 1 aliphatic heterocycles. The highest BCUT2D eigenvalue weighted by molar-refractivity contribution is 5.93. The van der Waals surface area contributed by atoms with Gasteiger partial charge in [0.25, 0.3) is 11.5 Å². The molecule has 150 valence electrons. The number of nitrogens with zero attached hydrogens (tertiary/aromatic N) is 6. The second kappa shape index (κ2) is 7.31. The summed E-state index contributed by atoms with van der Waals surface area (Å²) in [5.74, 6) is 0.864. The van der Waals surface area contributed by atoms with Gasteiger partial charge >= 0.3 is 0 Å². The van der Waals surface area contributed by atoms with Gasteiger partial charge in [-0.3, -0.25) is 14.2 Å². The quantitative estimate of drug-likeness (QED) is 0.667. The van der Waals surface area contributed by atoms with Gasteiger partial charge in [0.1, 0.15) is 6.33 Å². The molecule has 0 bridgehead atoms. The van der Waals surface area contributed by atoms with E-state index in [-0.39, 0.29) is 17.5 Å². The zero-order valence-electron chi connectivity index (χ0n) is 16.0. The van der Waals surface area contributed by atoms with Crippen molar-refractivity contribution in [2.24, 2.45) is 0 Å². The fourth-order valence-corrected chi connectivity index (χ4v) is 4.28. The summed E-state index contributed by atoms with van der Waals surface area (Å²) >= 11 is 0. The Hall–Kier alpha value is -3.23. The molecule has 9 nitrogen and oxygen atoms in total. The third-order valence-electron chi connectivity index (χ3n) is 5.80. The number of carbonyl (C=O) groups is 1. The fourth-order valence-electron chi connectivity index (χ4n) is 4.28. The summed E-state index contributed by atoms with van der Waals surface area (Å²) in [7, 11) is 0. The molecule has 3 aromatic heterocycles. The molecule has 1 atom stereocenters. The van der Waals surface area contributed by atoms with Gasteiger partial charge in [-0.1, -0.05) is 5.16 Å². The number of hydrogen-bond acceptors (Lipinski definition) is 6. The lowest BCUT2D eigenvalue weighted by Crippen LogP contribution is -2.41. The molecule has 0 N–H and O–H groups in total. The standard InChI is InChI=1S/C20H22N6O3/c27-18-8-7-17(24-11-9-21-13-24)22-26(18)12-14-4-3-10-25(14)20(28)19-15-5-1-2-6-16(15)23-29-19/h7-9,11,13-14H,1-6,10,12H2. The summed E-state index contributed by atoms with van der Waals surface area (Å²) in [6.45, 7) is 0.998. The van der Waals surface area contributed by atoms with Crippen molar-refractivity contribution in [3.05, 3.63) is 58.2 Å². The molecule has 0 saturated carbocycles. The van der Waals surface area contributed by atoms with Crippen molar-refractivity contribution in [2.45, 2.75) is 51.1 Å². The number of carbonyl (C=O) groups excluding carboxylic acids is 1. The Kier molecular flexibility index (Phi) is 4.49. The number of aromatic nitrogens is 5. The Balaban J connectivity index is 1.39. The van der Waals surface area contributed by atoms with Crippen molar-refractivity contribution < 1.29 is 9.32 Å². The van der Waals surface area contributed by atoms with Gasteiger partial charge in [-0.2, -0.15) is 5.10 Å². The van der Waals surface area contributed by atoms with Gasteiger partial charge in [-0.15, -0.1) is 0 Å². The summed E-state index contributed by atoms with van der Waals surface area (Å²) in [5, 5.41) is 8.57. The number of fused-ring (bicyclic) bond motifs is 1. The van der Waals surface area contributed by atoms with Gasteiger partial charge in [0.05, 0.1) is 18.3 Å². The first-order chi connectivity index (χ1) is 14.2. The van der Waals surface area contributed by atoms with Crippen LogP contribution in [0.5, 0.6) is 0 Å². The second-order valence-corrected chi connectivity index (χ2v) is 7.62. The third-order valence-corrected chi connectivity index (χ3v) is 5.80. The van der Waals surface area contributed by atoms with E-state index in [0.29, 0.717) is 24.7 Å². The highest BCUT2D eigenvalue weighted by atomic mass is 16.5. The normalized spacial score (nSPS) is 18.8. The maximum atomic E-state index is 13.2. The minimum absolute atomic E-state index is 0.102. The van der Waals surface area contributed by atoms with Crippen molar-refractivity contribution >= 4 is 5.91 Å². The van der Waals surface area contributed by atoms with Crippen molar-refractivity contribution in [1.29, 1.82) is 0 Å². The molecule has 9 heteroatoms. The lowest BCUT2D eigenvalue weighted by Gasteiger charge is -2.24. The Morgan fingerprint density at radius 3 is 2.97 bits per heavy atom. The molecule has 5 rings (SSSR count). The minimum atomic E-state index is -0.190. The van der Waals surface area contributed by atoms with Crippen LogP contribution in [0.25, 0.3) is 5.82 Å². The van der Waals surface area contributed by atoms with E-state index >= 15 is 0 Å². The monoisotopic (exact) mass is 394 g/mol. The average molecular weight is 394 g/mol. The van der Waals surface area contributed by atoms with E-state index < -0.39 is 0 Å². The highest BCUT2D eigenvalue weighted by Gasteiger charge is 2.34. The lowest BCUT2D eigenvalue weighted by atomic mass is 9.96. The van der Waals surface area contributed by atoms with Gasteiger partial charge < -0.3 is 9.42 Å². The molecule has 0 spiro atoms. The molecule has 29 heavy (non-hydrogen) atoms. The summed E-state index contributed by atoms with van der Waals surface area (Å²) in [4.78, 5) is 31.4. The predicted octanol–water partition coefficient (Wildman–Crippen LogP) is 1.60. The van der Waals surface area contributed by atoms with E-state index in [1.165, 1.54) is 10.7 Å². The van der Waals surface area contributed by atoms with E-state index in [1.807, 2.05) is 4.90 Å². The van der Waals surface area contributed by atoms with Crippen LogP contribution in [0.4, 0.5) is 0 Å². The molecule has 3 aromatic rings. The van der Waals surface area contributed by atoms with E-state index in [1.54, 1.807) is 29.4 Å². The van der Waals surface area contributed by atoms with Crippen molar-refractivity contribution in [3.63, 3.8) is 0 Å². The molecular formula is C20H22N6O3. The number of imidazole rings is 1. The van der Waals surface area contributed by atoms with Crippen molar-refractivity contribution in [3.8, 4) is 5.82 Å². The van der Waals surface area contributed by atoms with Crippen molar-refractivity contribution in [1.82, 2.24) is 29.4 Å². The fraction of sp³-hybridized carbons (Fsp3) is 0.450. The average Bonchev–Trinajstić information content (AvgIpc) is 3.50. The van der Waals surface area contributed by atoms with Gasteiger partial charge in [0, 0.05) is 30.6 Å². The molecule has 1 unspecified atom stereocenters. The van der Waals surface area contributed by atoms with Gasteiger partial charge in [0.2, 0.25) is 5.76 Å². The Bertz CT molecular complexity index is 1080. The maximum absolute atomic E-state index is 13.2. The Labute approximate surface area is 166 Å². The first-order valence-electron chi connectivity index (χ1n) is 10.1. The molecule has 0 radical (unpaired) electrons. The van der Waals surface area contributed by atoms with E-state index in [0.717, 1.165) is 49.8 Å². The largest absolute Gasteiger partial charge is 0.350 e. The summed E-state index contributed by atoms with van der Waals surface area (Å²) < 4.78 is 8.62. The molecular weight excluding hydrogens is 372 g/mol. The third kappa shape index (κ3) is 3.26. The van der Waals surface area contributed by atoms with Crippen LogP contribution in [0.3, 0.4) is 0 Å².